The van der Waals surface area contributed by atoms with Crippen LogP contribution < -0.4 is 10.9 Å². The summed E-state index contributed by atoms with van der Waals surface area (Å²) >= 11 is 7.14. The van der Waals surface area contributed by atoms with Crippen molar-refractivity contribution < 1.29 is 14.1 Å². The summed E-state index contributed by atoms with van der Waals surface area (Å²) in [5.74, 6) is -0.155. The molecule has 2 heterocycles. The van der Waals surface area contributed by atoms with Crippen LogP contribution in [0.1, 0.15) is 31.5 Å². The molecule has 0 fully saturated rings. The number of hydrogen-bond donors (Lipinski definition) is 2. The van der Waals surface area contributed by atoms with Gasteiger partial charge in [-0.15, -0.1) is 11.3 Å². The normalized spacial score (nSPS) is 10.5. The Morgan fingerprint density at radius 2 is 1.88 bits per heavy atom. The van der Waals surface area contributed by atoms with Crippen molar-refractivity contribution in [2.24, 2.45) is 0 Å². The highest BCUT2D eigenvalue weighted by molar-refractivity contribution is 7.17. The molecule has 8 heteroatoms. The molecule has 2 aromatic heterocycles. The predicted octanol–water partition coefficient (Wildman–Crippen LogP) is 3.75. The van der Waals surface area contributed by atoms with Crippen molar-refractivity contribution in [2.45, 2.75) is 13.8 Å². The zero-order valence-electron chi connectivity index (χ0n) is 13.4. The van der Waals surface area contributed by atoms with E-state index in [0.717, 1.165) is 16.1 Å². The fraction of sp³-hybridized carbons (Fsp3) is 0.118. The number of aryl methyl sites for hydroxylation is 2. The Morgan fingerprint density at radius 3 is 2.56 bits per heavy atom. The van der Waals surface area contributed by atoms with Gasteiger partial charge in [0.1, 0.15) is 5.76 Å². The molecule has 0 aliphatic heterocycles. The predicted molar refractivity (Wildman–Crippen MR) is 95.7 cm³/mol. The fourth-order valence-corrected chi connectivity index (χ4v) is 3.54. The van der Waals surface area contributed by atoms with Gasteiger partial charge in [-0.1, -0.05) is 22.8 Å². The first kappa shape index (κ1) is 17.2. The highest BCUT2D eigenvalue weighted by atomic mass is 35.5. The molecule has 3 aromatic rings. The van der Waals surface area contributed by atoms with Gasteiger partial charge in [0, 0.05) is 15.5 Å². The van der Waals surface area contributed by atoms with E-state index in [4.69, 9.17) is 16.1 Å². The van der Waals surface area contributed by atoms with Crippen molar-refractivity contribution in [3.05, 3.63) is 63.3 Å². The number of hydrazine groups is 1. The minimum atomic E-state index is -0.446. The van der Waals surface area contributed by atoms with Gasteiger partial charge in [-0.2, -0.15) is 0 Å². The number of carbonyl (C=O) groups excluding carboxylic acids is 2. The number of benzene rings is 1. The van der Waals surface area contributed by atoms with E-state index in [1.165, 1.54) is 17.4 Å². The van der Waals surface area contributed by atoms with Crippen molar-refractivity contribution in [3.8, 4) is 10.4 Å². The van der Waals surface area contributed by atoms with Gasteiger partial charge in [0.15, 0.2) is 0 Å². The van der Waals surface area contributed by atoms with E-state index in [9.17, 15) is 9.59 Å². The fourth-order valence-electron chi connectivity index (χ4n) is 2.31. The zero-order chi connectivity index (χ0) is 18.0. The second kappa shape index (κ2) is 7.08. The Hall–Kier alpha value is -2.64. The Morgan fingerprint density at radius 1 is 1.12 bits per heavy atom. The number of halogens is 1. The summed E-state index contributed by atoms with van der Waals surface area (Å²) in [6, 6.07) is 9.96. The lowest BCUT2D eigenvalue weighted by atomic mass is 10.2. The molecule has 128 valence electrons. The Balaban J connectivity index is 1.67. The maximum atomic E-state index is 12.2. The molecule has 1 aromatic carbocycles. The zero-order valence-corrected chi connectivity index (χ0v) is 15.0. The lowest BCUT2D eigenvalue weighted by Crippen LogP contribution is -2.41. The van der Waals surface area contributed by atoms with Crippen LogP contribution in [0.25, 0.3) is 10.4 Å². The molecule has 0 aliphatic rings. The van der Waals surface area contributed by atoms with Gasteiger partial charge in [0.25, 0.3) is 11.8 Å². The smallest absolute Gasteiger partial charge is 0.279 e. The number of aromatic nitrogens is 1. The molecule has 2 amide bonds. The van der Waals surface area contributed by atoms with E-state index < -0.39 is 11.8 Å². The van der Waals surface area contributed by atoms with Crippen molar-refractivity contribution in [1.82, 2.24) is 16.0 Å². The summed E-state index contributed by atoms with van der Waals surface area (Å²) in [4.78, 5) is 25.6. The van der Waals surface area contributed by atoms with E-state index in [1.54, 1.807) is 24.3 Å². The first-order chi connectivity index (χ1) is 12.0. The largest absolute Gasteiger partial charge is 0.361 e. The molecule has 0 saturated heterocycles. The average molecular weight is 376 g/mol. The summed E-state index contributed by atoms with van der Waals surface area (Å²) in [6.07, 6.45) is 0. The van der Waals surface area contributed by atoms with E-state index in [2.05, 4.69) is 16.0 Å². The topological polar surface area (TPSA) is 84.2 Å². The van der Waals surface area contributed by atoms with Gasteiger partial charge < -0.3 is 4.52 Å². The van der Waals surface area contributed by atoms with Crippen LogP contribution >= 0.6 is 22.9 Å². The van der Waals surface area contributed by atoms with Gasteiger partial charge in [0.2, 0.25) is 0 Å². The molecule has 25 heavy (non-hydrogen) atoms. The number of amides is 2. The number of carbonyl (C=O) groups is 2. The first-order valence-electron chi connectivity index (χ1n) is 7.35. The van der Waals surface area contributed by atoms with E-state index in [1.807, 2.05) is 19.9 Å². The SMILES string of the molecule is Cc1noc(C)c1-c1ccc(C(=O)NNC(=O)c2cccc(Cl)c2)s1. The third kappa shape index (κ3) is 3.72. The average Bonchev–Trinajstić information content (AvgIpc) is 3.19. The number of thiophene rings is 1. The van der Waals surface area contributed by atoms with Gasteiger partial charge in [-0.25, -0.2) is 0 Å². The lowest BCUT2D eigenvalue weighted by Gasteiger charge is -2.06. The number of nitrogens with one attached hydrogen (secondary N) is 2. The van der Waals surface area contributed by atoms with Crippen molar-refractivity contribution in [2.75, 3.05) is 0 Å². The maximum absolute atomic E-state index is 12.2. The van der Waals surface area contributed by atoms with Crippen LogP contribution in [-0.2, 0) is 0 Å². The highest BCUT2D eigenvalue weighted by Gasteiger charge is 2.17. The van der Waals surface area contributed by atoms with E-state index in [0.29, 0.717) is 21.2 Å². The van der Waals surface area contributed by atoms with E-state index >= 15 is 0 Å². The Kier molecular flexibility index (Phi) is 4.87. The molecule has 6 nitrogen and oxygen atoms in total. The minimum absolute atomic E-state index is 0.357. The van der Waals surface area contributed by atoms with E-state index in [-0.39, 0.29) is 0 Å². The molecule has 0 bridgehead atoms. The molecule has 0 spiro atoms. The number of nitrogens with zero attached hydrogens (tertiary/aromatic N) is 1. The van der Waals surface area contributed by atoms with Gasteiger partial charge in [0.05, 0.1) is 16.1 Å². The summed E-state index contributed by atoms with van der Waals surface area (Å²) in [7, 11) is 0. The Labute approximate surface area is 152 Å². The maximum Gasteiger partial charge on any atom is 0.279 e. The summed E-state index contributed by atoms with van der Waals surface area (Å²) in [6.45, 7) is 3.66. The molecular weight excluding hydrogens is 362 g/mol. The second-order valence-electron chi connectivity index (χ2n) is 5.28. The molecule has 0 radical (unpaired) electrons. The van der Waals surface area contributed by atoms with Crippen molar-refractivity contribution in [1.29, 1.82) is 0 Å². The van der Waals surface area contributed by atoms with Crippen LogP contribution in [0.5, 0.6) is 0 Å². The van der Waals surface area contributed by atoms with Crippen LogP contribution in [0.2, 0.25) is 5.02 Å². The molecule has 0 unspecified atom stereocenters. The van der Waals surface area contributed by atoms with Crippen LogP contribution in [0.15, 0.2) is 40.9 Å². The van der Waals surface area contributed by atoms with Crippen molar-refractivity contribution >= 4 is 34.8 Å². The molecule has 0 atom stereocenters. The second-order valence-corrected chi connectivity index (χ2v) is 6.80. The van der Waals surface area contributed by atoms with Crippen LogP contribution in [0, 0.1) is 13.8 Å². The summed E-state index contributed by atoms with van der Waals surface area (Å²) in [5, 5.41) is 4.36. The third-order valence-corrected chi connectivity index (χ3v) is 4.82. The van der Waals surface area contributed by atoms with Gasteiger partial charge >= 0.3 is 0 Å². The third-order valence-electron chi connectivity index (χ3n) is 3.49. The first-order valence-corrected chi connectivity index (χ1v) is 8.54. The summed E-state index contributed by atoms with van der Waals surface area (Å²) < 4.78 is 5.15. The van der Waals surface area contributed by atoms with Crippen LogP contribution in [0.3, 0.4) is 0 Å². The molecule has 2 N–H and O–H groups in total. The van der Waals surface area contributed by atoms with Gasteiger partial charge in [-0.05, 0) is 44.2 Å². The van der Waals surface area contributed by atoms with Crippen molar-refractivity contribution in [3.63, 3.8) is 0 Å². The quantitative estimate of drug-likeness (QED) is 0.683. The standard InChI is InChI=1S/C17H14ClN3O3S/c1-9-15(10(2)24-21-9)13-6-7-14(25-13)17(23)20-19-16(22)11-4-3-5-12(18)8-11/h3-8H,1-2H3,(H,19,22)(H,20,23). The highest BCUT2D eigenvalue weighted by Crippen LogP contribution is 2.32. The molecular formula is C17H14ClN3O3S. The number of rotatable bonds is 3. The molecule has 3 rings (SSSR count). The summed E-state index contributed by atoms with van der Waals surface area (Å²) in [5.41, 5.74) is 6.77. The van der Waals surface area contributed by atoms with Gasteiger partial charge in [-0.3, -0.25) is 20.4 Å². The molecule has 0 aliphatic carbocycles. The minimum Gasteiger partial charge on any atom is -0.361 e. The lowest BCUT2D eigenvalue weighted by molar-refractivity contribution is 0.0849. The monoisotopic (exact) mass is 375 g/mol. The Bertz CT molecular complexity index is 929. The van der Waals surface area contributed by atoms with Crippen LogP contribution in [0.4, 0.5) is 0 Å². The number of hydrogen-bond acceptors (Lipinski definition) is 5. The molecule has 0 saturated carbocycles. The van der Waals surface area contributed by atoms with Crippen LogP contribution in [-0.4, -0.2) is 17.0 Å².